The third kappa shape index (κ3) is 5.44. The molecule has 0 aliphatic heterocycles. The minimum Gasteiger partial charge on any atom is -0.310 e. The summed E-state index contributed by atoms with van der Waals surface area (Å²) in [6, 6.07) is 68.2. The van der Waals surface area contributed by atoms with Crippen LogP contribution in [0.2, 0.25) is 0 Å². The molecule has 9 aromatic carbocycles. The fourth-order valence-corrected chi connectivity index (χ4v) is 10.3. The smallest absolute Gasteiger partial charge is 0.0991 e. The molecule has 0 aliphatic carbocycles. The maximum absolute atomic E-state index is 9.19. The highest BCUT2D eigenvalue weighted by Gasteiger charge is 2.16. The predicted molar refractivity (Wildman–Crippen MR) is 238 cm³/mol. The zero-order chi connectivity index (χ0) is 36.5. The zero-order valence-corrected chi connectivity index (χ0v) is 31.2. The molecule has 11 aromatic rings. The Morgan fingerprint density at radius 3 is 1.24 bits per heavy atom. The normalized spacial score (nSPS) is 11.6. The van der Waals surface area contributed by atoms with Crippen molar-refractivity contribution in [2.45, 2.75) is 0 Å². The van der Waals surface area contributed by atoms with Crippen LogP contribution in [0.15, 0.2) is 182 Å². The topological polar surface area (TPSA) is 27.0 Å². The fourth-order valence-electron chi connectivity index (χ4n) is 8.03. The first-order chi connectivity index (χ1) is 27.1. The molecule has 2 nitrogen and oxygen atoms in total. The van der Waals surface area contributed by atoms with Crippen LogP contribution in [0.4, 0.5) is 17.1 Å². The van der Waals surface area contributed by atoms with Gasteiger partial charge in [0, 0.05) is 57.4 Å². The van der Waals surface area contributed by atoms with Gasteiger partial charge in [-0.15, -0.1) is 22.7 Å². The lowest BCUT2D eigenvalue weighted by atomic mass is 9.99. The molecule has 0 aliphatic rings. The molecule has 2 aromatic heterocycles. The van der Waals surface area contributed by atoms with Crippen LogP contribution in [-0.2, 0) is 0 Å². The summed E-state index contributed by atoms with van der Waals surface area (Å²) in [5.41, 5.74) is 8.55. The molecular weight excluding hydrogens is 705 g/mol. The molecular formula is C51H30N2S2. The van der Waals surface area contributed by atoms with Crippen LogP contribution in [0, 0.1) is 11.3 Å². The van der Waals surface area contributed by atoms with Gasteiger partial charge in [0.25, 0.3) is 0 Å². The van der Waals surface area contributed by atoms with Crippen molar-refractivity contribution >= 4 is 102 Å². The van der Waals surface area contributed by atoms with Gasteiger partial charge in [-0.3, -0.25) is 0 Å². The third-order valence-corrected chi connectivity index (χ3v) is 13.1. The quantitative estimate of drug-likeness (QED) is 0.176. The van der Waals surface area contributed by atoms with Crippen molar-refractivity contribution < 1.29 is 0 Å². The lowest BCUT2D eigenvalue weighted by molar-refractivity contribution is 1.29. The van der Waals surface area contributed by atoms with E-state index in [9.17, 15) is 5.26 Å². The van der Waals surface area contributed by atoms with Gasteiger partial charge in [0.05, 0.1) is 11.6 Å². The summed E-state index contributed by atoms with van der Waals surface area (Å²) in [7, 11) is 0. The van der Waals surface area contributed by atoms with E-state index in [0.29, 0.717) is 5.56 Å². The first kappa shape index (κ1) is 31.7. The predicted octanol–water partition coefficient (Wildman–Crippen LogP) is 15.4. The van der Waals surface area contributed by atoms with Crippen molar-refractivity contribution in [3.05, 3.63) is 188 Å². The van der Waals surface area contributed by atoms with Crippen molar-refractivity contribution in [1.29, 1.82) is 5.26 Å². The van der Waals surface area contributed by atoms with Crippen molar-refractivity contribution in [3.8, 4) is 28.3 Å². The average molecular weight is 735 g/mol. The van der Waals surface area contributed by atoms with E-state index in [0.717, 1.165) is 39.3 Å². The van der Waals surface area contributed by atoms with Crippen LogP contribution in [0.5, 0.6) is 0 Å². The molecule has 55 heavy (non-hydrogen) atoms. The molecule has 0 saturated carbocycles. The highest BCUT2D eigenvalue weighted by molar-refractivity contribution is 7.26. The van der Waals surface area contributed by atoms with Gasteiger partial charge >= 0.3 is 0 Å². The number of benzene rings is 9. The first-order valence-electron chi connectivity index (χ1n) is 18.4. The summed E-state index contributed by atoms with van der Waals surface area (Å²) in [6.45, 7) is 0. The first-order valence-corrected chi connectivity index (χ1v) is 20.0. The molecule has 0 saturated heterocycles. The molecule has 0 spiro atoms. The molecule has 0 amide bonds. The van der Waals surface area contributed by atoms with E-state index < -0.39 is 0 Å². The Kier molecular flexibility index (Phi) is 7.31. The van der Waals surface area contributed by atoms with Crippen molar-refractivity contribution in [3.63, 3.8) is 0 Å². The molecule has 4 heteroatoms. The zero-order valence-electron chi connectivity index (χ0n) is 29.5. The largest absolute Gasteiger partial charge is 0.310 e. The van der Waals surface area contributed by atoms with Gasteiger partial charge in [-0.25, -0.2) is 0 Å². The lowest BCUT2D eigenvalue weighted by Gasteiger charge is -2.26. The van der Waals surface area contributed by atoms with Crippen LogP contribution in [-0.4, -0.2) is 0 Å². The van der Waals surface area contributed by atoms with E-state index in [1.165, 1.54) is 61.9 Å². The van der Waals surface area contributed by atoms with Gasteiger partial charge in [0.15, 0.2) is 0 Å². The number of fused-ring (bicyclic) bond motifs is 8. The summed E-state index contributed by atoms with van der Waals surface area (Å²) in [4.78, 5) is 2.39. The maximum atomic E-state index is 9.19. The van der Waals surface area contributed by atoms with Crippen LogP contribution in [0.3, 0.4) is 0 Å². The Balaban J connectivity index is 1.03. The summed E-state index contributed by atoms with van der Waals surface area (Å²) in [5.74, 6) is 0. The summed E-state index contributed by atoms with van der Waals surface area (Å²) < 4.78 is 5.28. The minimum atomic E-state index is 0.670. The molecule has 2 heterocycles. The molecule has 0 unspecified atom stereocenters. The molecule has 0 bridgehead atoms. The average Bonchev–Trinajstić information content (AvgIpc) is 3.79. The Morgan fingerprint density at radius 2 is 0.764 bits per heavy atom. The molecule has 256 valence electrons. The van der Waals surface area contributed by atoms with Crippen LogP contribution in [0.25, 0.3) is 84.1 Å². The Morgan fingerprint density at radius 1 is 0.345 bits per heavy atom. The van der Waals surface area contributed by atoms with Gasteiger partial charge in [0.1, 0.15) is 0 Å². The second-order valence-corrected chi connectivity index (χ2v) is 16.3. The van der Waals surface area contributed by atoms with E-state index in [4.69, 9.17) is 0 Å². The monoisotopic (exact) mass is 734 g/mol. The third-order valence-electron chi connectivity index (χ3n) is 10.8. The molecule has 0 atom stereocenters. The van der Waals surface area contributed by atoms with E-state index in [1.807, 2.05) is 46.9 Å². The summed E-state index contributed by atoms with van der Waals surface area (Å²) >= 11 is 3.73. The second-order valence-electron chi connectivity index (χ2n) is 14.1. The molecule has 11 rings (SSSR count). The number of hydrogen-bond acceptors (Lipinski definition) is 4. The SMILES string of the molecule is N#Cc1ccc(-c2ccc(-c3ccc(N(c4ccc5cc6sc7ccccc7c6cc5c4)c4ccc5cc6sc7ccccc7c6cc5c4)cc3)cc2)cc1. The van der Waals surface area contributed by atoms with E-state index in [2.05, 4.69) is 169 Å². The number of thiophene rings is 2. The standard InChI is InChI=1S/C51H30N2S2/c52-31-32-9-11-33(12-10-32)34-13-15-35(16-14-34)36-17-21-41(22-18-36)53(42-23-19-37-29-50-46(27-39(37)25-42)44-5-1-3-7-48(44)54-50)43-24-20-38-30-51-47(28-40(38)26-43)45-6-2-4-8-49(45)55-51/h1-30H. The number of hydrogen-bond donors (Lipinski definition) is 0. The summed E-state index contributed by atoms with van der Waals surface area (Å²) in [5, 5.41) is 19.4. The second kappa shape index (κ2) is 12.7. The highest BCUT2D eigenvalue weighted by atomic mass is 32.1. The Hall–Kier alpha value is -6.77. The number of rotatable bonds is 5. The van der Waals surface area contributed by atoms with Crippen molar-refractivity contribution in [1.82, 2.24) is 0 Å². The van der Waals surface area contributed by atoms with Gasteiger partial charge in [-0.05, 0) is 129 Å². The number of anilines is 3. The number of nitrogens with zero attached hydrogens (tertiary/aromatic N) is 2. The van der Waals surface area contributed by atoms with Gasteiger partial charge < -0.3 is 4.90 Å². The fraction of sp³-hybridized carbons (Fsp3) is 0. The highest BCUT2D eigenvalue weighted by Crippen LogP contribution is 2.43. The van der Waals surface area contributed by atoms with Gasteiger partial charge in [0.2, 0.25) is 0 Å². The van der Waals surface area contributed by atoms with Crippen LogP contribution < -0.4 is 4.90 Å². The van der Waals surface area contributed by atoms with E-state index in [1.54, 1.807) is 0 Å². The van der Waals surface area contributed by atoms with Crippen molar-refractivity contribution in [2.75, 3.05) is 4.90 Å². The Bertz CT molecular complexity index is 3160. The number of nitriles is 1. The minimum absolute atomic E-state index is 0.670. The van der Waals surface area contributed by atoms with Gasteiger partial charge in [-0.1, -0.05) is 97.1 Å². The van der Waals surface area contributed by atoms with E-state index in [-0.39, 0.29) is 0 Å². The van der Waals surface area contributed by atoms with Crippen LogP contribution >= 0.6 is 22.7 Å². The maximum Gasteiger partial charge on any atom is 0.0991 e. The van der Waals surface area contributed by atoms with E-state index >= 15 is 0 Å². The molecule has 0 radical (unpaired) electrons. The van der Waals surface area contributed by atoms with Gasteiger partial charge in [-0.2, -0.15) is 5.26 Å². The summed E-state index contributed by atoms with van der Waals surface area (Å²) in [6.07, 6.45) is 0. The molecule has 0 fully saturated rings. The molecule has 0 N–H and O–H groups in total. The Labute approximate surface area is 326 Å². The lowest BCUT2D eigenvalue weighted by Crippen LogP contribution is -2.09. The van der Waals surface area contributed by atoms with Crippen molar-refractivity contribution in [2.24, 2.45) is 0 Å². The van der Waals surface area contributed by atoms with Crippen LogP contribution in [0.1, 0.15) is 5.56 Å².